The minimum atomic E-state index is -0.577. The molecule has 1 atom stereocenters. The topological polar surface area (TPSA) is 84.0 Å². The molecular weight excluding hydrogens is 360 g/mol. The fourth-order valence-corrected chi connectivity index (χ4v) is 3.47. The van der Waals surface area contributed by atoms with Gasteiger partial charge in [0, 0.05) is 37.6 Å². The van der Waals surface area contributed by atoms with Gasteiger partial charge < -0.3 is 9.64 Å². The first-order chi connectivity index (χ1) is 13.5. The number of para-hydroxylation sites is 1. The normalized spacial score (nSPS) is 19.4. The van der Waals surface area contributed by atoms with Crippen LogP contribution in [0, 0.1) is 5.92 Å². The Bertz CT molecular complexity index is 940. The van der Waals surface area contributed by atoms with E-state index >= 15 is 0 Å². The standard InChI is InChI=1S/C21H18N2O5/c24-18-9-10-19(25)23(18)16-7-4-8-17(12-16)28-21(27)14-11-20(26)22(13-14)15-5-2-1-3-6-15/h1-8,12,14H,9-11,13H2/t14-/m0/s1. The van der Waals surface area contributed by atoms with Crippen LogP contribution < -0.4 is 14.5 Å². The number of benzene rings is 2. The number of carbonyl (C=O) groups excluding carboxylic acids is 4. The van der Waals surface area contributed by atoms with Crippen molar-refractivity contribution in [3.05, 3.63) is 54.6 Å². The second-order valence-electron chi connectivity index (χ2n) is 6.78. The SMILES string of the molecule is O=C(Oc1cccc(N2C(=O)CCC2=O)c1)[C@H]1CC(=O)N(c2ccccc2)C1. The number of hydrogen-bond acceptors (Lipinski definition) is 5. The van der Waals surface area contributed by atoms with Gasteiger partial charge in [0.05, 0.1) is 11.6 Å². The largest absolute Gasteiger partial charge is 0.426 e. The maximum Gasteiger partial charge on any atom is 0.316 e. The highest BCUT2D eigenvalue weighted by Gasteiger charge is 2.36. The Hall–Kier alpha value is -3.48. The number of hydrogen-bond donors (Lipinski definition) is 0. The molecule has 3 amide bonds. The van der Waals surface area contributed by atoms with Gasteiger partial charge in [0.1, 0.15) is 5.75 Å². The highest BCUT2D eigenvalue weighted by atomic mass is 16.5. The quantitative estimate of drug-likeness (QED) is 0.463. The first-order valence-electron chi connectivity index (χ1n) is 9.06. The fourth-order valence-electron chi connectivity index (χ4n) is 3.47. The average molecular weight is 378 g/mol. The summed E-state index contributed by atoms with van der Waals surface area (Å²) in [5, 5.41) is 0. The van der Waals surface area contributed by atoms with Gasteiger partial charge in [-0.2, -0.15) is 0 Å². The third kappa shape index (κ3) is 3.38. The molecule has 142 valence electrons. The van der Waals surface area contributed by atoms with Crippen LogP contribution in [0.2, 0.25) is 0 Å². The van der Waals surface area contributed by atoms with Crippen LogP contribution in [0.5, 0.6) is 5.75 Å². The van der Waals surface area contributed by atoms with Gasteiger partial charge in [0.25, 0.3) is 0 Å². The van der Waals surface area contributed by atoms with Crippen LogP contribution in [0.4, 0.5) is 11.4 Å². The number of anilines is 2. The zero-order chi connectivity index (χ0) is 19.7. The number of amides is 3. The van der Waals surface area contributed by atoms with Gasteiger partial charge >= 0.3 is 5.97 Å². The van der Waals surface area contributed by atoms with Crippen LogP contribution in [-0.4, -0.2) is 30.2 Å². The highest BCUT2D eigenvalue weighted by Crippen LogP contribution is 2.29. The van der Waals surface area contributed by atoms with Crippen LogP contribution in [0.1, 0.15) is 19.3 Å². The lowest BCUT2D eigenvalue weighted by Gasteiger charge is -2.17. The van der Waals surface area contributed by atoms with Gasteiger partial charge in [-0.3, -0.25) is 24.1 Å². The Morgan fingerprint density at radius 1 is 0.857 bits per heavy atom. The molecule has 2 heterocycles. The van der Waals surface area contributed by atoms with E-state index < -0.39 is 11.9 Å². The van der Waals surface area contributed by atoms with Crippen LogP contribution >= 0.6 is 0 Å². The molecule has 28 heavy (non-hydrogen) atoms. The number of ether oxygens (including phenoxy) is 1. The summed E-state index contributed by atoms with van der Waals surface area (Å²) in [5.41, 5.74) is 1.13. The second kappa shape index (κ2) is 7.26. The Kier molecular flexibility index (Phi) is 4.65. The van der Waals surface area contributed by atoms with E-state index in [4.69, 9.17) is 4.74 Å². The summed E-state index contributed by atoms with van der Waals surface area (Å²) in [6.45, 7) is 0.254. The van der Waals surface area contributed by atoms with E-state index in [-0.39, 0.29) is 49.3 Å². The third-order valence-electron chi connectivity index (χ3n) is 4.87. The van der Waals surface area contributed by atoms with Crippen molar-refractivity contribution in [2.24, 2.45) is 5.92 Å². The predicted octanol–water partition coefficient (Wildman–Crippen LogP) is 2.30. The molecule has 2 fully saturated rings. The lowest BCUT2D eigenvalue weighted by Crippen LogP contribution is -2.29. The number of carbonyl (C=O) groups is 4. The molecule has 2 aromatic rings. The monoisotopic (exact) mass is 378 g/mol. The summed E-state index contributed by atoms with van der Waals surface area (Å²) < 4.78 is 5.43. The first-order valence-corrected chi connectivity index (χ1v) is 9.06. The number of esters is 1. The third-order valence-corrected chi connectivity index (χ3v) is 4.87. The molecular formula is C21H18N2O5. The van der Waals surface area contributed by atoms with Crippen LogP contribution in [0.3, 0.4) is 0 Å². The maximum atomic E-state index is 12.5. The van der Waals surface area contributed by atoms with Crippen LogP contribution in [0.25, 0.3) is 0 Å². The molecule has 4 rings (SSSR count). The Balaban J connectivity index is 1.46. The zero-order valence-electron chi connectivity index (χ0n) is 15.0. The molecule has 0 bridgehead atoms. The Labute approximate surface area is 161 Å². The lowest BCUT2D eigenvalue weighted by molar-refractivity contribution is -0.139. The molecule has 0 saturated carbocycles. The van der Waals surface area contributed by atoms with Gasteiger partial charge in [0.15, 0.2) is 0 Å². The molecule has 0 aliphatic carbocycles. The molecule has 0 radical (unpaired) electrons. The van der Waals surface area contributed by atoms with Crippen LogP contribution in [-0.2, 0) is 19.2 Å². The summed E-state index contributed by atoms with van der Waals surface area (Å²) in [4.78, 5) is 51.3. The van der Waals surface area contributed by atoms with Gasteiger partial charge in [-0.05, 0) is 24.3 Å². The van der Waals surface area contributed by atoms with Gasteiger partial charge in [0.2, 0.25) is 17.7 Å². The van der Waals surface area contributed by atoms with E-state index in [0.717, 1.165) is 10.6 Å². The lowest BCUT2D eigenvalue weighted by atomic mass is 10.1. The second-order valence-corrected chi connectivity index (χ2v) is 6.78. The van der Waals surface area contributed by atoms with E-state index in [1.807, 2.05) is 30.3 Å². The Morgan fingerprint density at radius 3 is 2.25 bits per heavy atom. The smallest absolute Gasteiger partial charge is 0.316 e. The average Bonchev–Trinajstić information content (AvgIpc) is 3.25. The van der Waals surface area contributed by atoms with E-state index in [9.17, 15) is 19.2 Å². The van der Waals surface area contributed by atoms with E-state index in [1.54, 1.807) is 23.1 Å². The number of imide groups is 1. The van der Waals surface area contributed by atoms with E-state index in [0.29, 0.717) is 5.69 Å². The van der Waals surface area contributed by atoms with Gasteiger partial charge in [-0.15, -0.1) is 0 Å². The fraction of sp³-hybridized carbons (Fsp3) is 0.238. The molecule has 2 aliphatic heterocycles. The van der Waals surface area contributed by atoms with Crippen molar-refractivity contribution < 1.29 is 23.9 Å². The summed E-state index contributed by atoms with van der Waals surface area (Å²) >= 11 is 0. The molecule has 7 heteroatoms. The van der Waals surface area contributed by atoms with Gasteiger partial charge in [-0.25, -0.2) is 0 Å². The molecule has 0 spiro atoms. The summed E-state index contributed by atoms with van der Waals surface area (Å²) in [6.07, 6.45) is 0.446. The summed E-state index contributed by atoms with van der Waals surface area (Å²) in [7, 11) is 0. The van der Waals surface area contributed by atoms with Crippen molar-refractivity contribution in [2.75, 3.05) is 16.3 Å². The molecule has 2 saturated heterocycles. The van der Waals surface area contributed by atoms with Crippen molar-refractivity contribution in [1.29, 1.82) is 0 Å². The van der Waals surface area contributed by atoms with Crippen molar-refractivity contribution in [1.82, 2.24) is 0 Å². The summed E-state index contributed by atoms with van der Waals surface area (Å²) in [6, 6.07) is 15.5. The minimum Gasteiger partial charge on any atom is -0.426 e. The van der Waals surface area contributed by atoms with Crippen LogP contribution in [0.15, 0.2) is 54.6 Å². The summed E-state index contributed by atoms with van der Waals surface area (Å²) in [5.74, 6) is -1.52. The number of nitrogens with zero attached hydrogens (tertiary/aromatic N) is 2. The molecule has 0 unspecified atom stereocenters. The Morgan fingerprint density at radius 2 is 1.54 bits per heavy atom. The van der Waals surface area contributed by atoms with Crippen molar-refractivity contribution >= 4 is 35.1 Å². The molecule has 2 aliphatic rings. The highest BCUT2D eigenvalue weighted by molar-refractivity contribution is 6.19. The number of rotatable bonds is 4. The van der Waals surface area contributed by atoms with Crippen molar-refractivity contribution in [3.8, 4) is 5.75 Å². The molecule has 7 nitrogen and oxygen atoms in total. The molecule has 2 aromatic carbocycles. The molecule has 0 aromatic heterocycles. The van der Waals surface area contributed by atoms with Crippen molar-refractivity contribution in [2.45, 2.75) is 19.3 Å². The van der Waals surface area contributed by atoms with E-state index in [1.165, 1.54) is 6.07 Å². The maximum absolute atomic E-state index is 12.5. The first kappa shape index (κ1) is 17.9. The predicted molar refractivity (Wildman–Crippen MR) is 101 cm³/mol. The minimum absolute atomic E-state index is 0.0799. The van der Waals surface area contributed by atoms with E-state index in [2.05, 4.69) is 0 Å². The zero-order valence-corrected chi connectivity index (χ0v) is 15.0. The van der Waals surface area contributed by atoms with Crippen molar-refractivity contribution in [3.63, 3.8) is 0 Å². The molecule has 0 N–H and O–H groups in total. The van der Waals surface area contributed by atoms with Gasteiger partial charge in [-0.1, -0.05) is 24.3 Å².